The van der Waals surface area contributed by atoms with Gasteiger partial charge in [-0.3, -0.25) is 9.13 Å². The molecule has 0 saturated carbocycles. The first-order valence-corrected chi connectivity index (χ1v) is 10.2. The molecular formula is C21H25N5O4. The van der Waals surface area contributed by atoms with Gasteiger partial charge in [0.25, 0.3) is 0 Å². The number of ether oxygens (including phenoxy) is 2. The van der Waals surface area contributed by atoms with E-state index in [2.05, 4.69) is 16.4 Å². The van der Waals surface area contributed by atoms with Crippen LogP contribution < -0.4 is 15.7 Å². The average molecular weight is 411 g/mol. The van der Waals surface area contributed by atoms with E-state index >= 15 is 0 Å². The molecule has 2 aromatic heterocycles. The summed E-state index contributed by atoms with van der Waals surface area (Å²) in [6, 6.07) is 4.03. The topological polar surface area (TPSA) is 103 Å². The van der Waals surface area contributed by atoms with Crippen molar-refractivity contribution in [2.24, 2.45) is 7.05 Å². The molecule has 5 rings (SSSR count). The number of nitrogens with zero attached hydrogens (tertiary/aromatic N) is 4. The Kier molecular flexibility index (Phi) is 4.71. The Morgan fingerprint density at radius 2 is 2.20 bits per heavy atom. The molecule has 2 atom stereocenters. The highest BCUT2D eigenvalue weighted by Crippen LogP contribution is 2.32. The average Bonchev–Trinajstić information content (AvgIpc) is 3.30. The number of nitrogens with one attached hydrogen (secondary N) is 1. The lowest BCUT2D eigenvalue weighted by molar-refractivity contribution is -0.0347. The van der Waals surface area contributed by atoms with Crippen LogP contribution in [0, 0.1) is 6.92 Å². The van der Waals surface area contributed by atoms with E-state index in [-0.39, 0.29) is 24.4 Å². The molecular weight excluding hydrogens is 386 g/mol. The fraction of sp³-hybridized carbons (Fsp3) is 0.476. The number of aryl methyl sites for hydroxylation is 2. The Hall–Kier alpha value is -2.91. The molecule has 30 heavy (non-hydrogen) atoms. The molecule has 1 fully saturated rings. The summed E-state index contributed by atoms with van der Waals surface area (Å²) < 4.78 is 14.5. The van der Waals surface area contributed by atoms with Crippen LogP contribution in [0.5, 0.6) is 5.75 Å². The lowest BCUT2D eigenvalue weighted by atomic mass is 10.0. The standard InChI is InChI=1S/C21H25N5O4/c1-12-7-18-13(3-5-30-18)8-16(12)23-20-22-10-17-19(24-20)26(21(28)25(17)2)14-4-6-29-15(9-14)11-27/h7-8,10,14-15,27H,3-6,9,11H2,1-2H3,(H,22,23,24). The predicted molar refractivity (Wildman–Crippen MR) is 112 cm³/mol. The maximum absolute atomic E-state index is 13.0. The van der Waals surface area contributed by atoms with E-state index < -0.39 is 0 Å². The summed E-state index contributed by atoms with van der Waals surface area (Å²) in [6.45, 7) is 3.17. The molecule has 0 aliphatic carbocycles. The van der Waals surface area contributed by atoms with Crippen LogP contribution in [-0.4, -0.2) is 50.1 Å². The number of aromatic nitrogens is 4. The van der Waals surface area contributed by atoms with Gasteiger partial charge in [-0.25, -0.2) is 9.78 Å². The summed E-state index contributed by atoms with van der Waals surface area (Å²) in [5.41, 5.74) is 4.27. The summed E-state index contributed by atoms with van der Waals surface area (Å²) in [7, 11) is 1.73. The van der Waals surface area contributed by atoms with Crippen molar-refractivity contribution in [3.8, 4) is 5.75 Å². The lowest BCUT2D eigenvalue weighted by Gasteiger charge is -2.28. The largest absolute Gasteiger partial charge is 0.493 e. The third-order valence-electron chi connectivity index (χ3n) is 6.02. The first-order valence-electron chi connectivity index (χ1n) is 10.2. The zero-order valence-corrected chi connectivity index (χ0v) is 17.1. The second-order valence-electron chi connectivity index (χ2n) is 7.97. The van der Waals surface area contributed by atoms with Gasteiger partial charge in [0.1, 0.15) is 11.3 Å². The fourth-order valence-electron chi connectivity index (χ4n) is 4.33. The summed E-state index contributed by atoms with van der Waals surface area (Å²) in [6.07, 6.45) is 3.58. The van der Waals surface area contributed by atoms with Gasteiger partial charge in [-0.1, -0.05) is 0 Å². The molecule has 2 N–H and O–H groups in total. The van der Waals surface area contributed by atoms with E-state index in [1.54, 1.807) is 22.4 Å². The minimum absolute atomic E-state index is 0.0564. The molecule has 2 unspecified atom stereocenters. The molecule has 0 bridgehead atoms. The monoisotopic (exact) mass is 411 g/mol. The van der Waals surface area contributed by atoms with E-state index in [1.165, 1.54) is 0 Å². The number of benzene rings is 1. The third-order valence-corrected chi connectivity index (χ3v) is 6.02. The zero-order chi connectivity index (χ0) is 20.8. The Morgan fingerprint density at radius 3 is 3.03 bits per heavy atom. The van der Waals surface area contributed by atoms with Crippen molar-refractivity contribution in [3.05, 3.63) is 39.9 Å². The number of hydrogen-bond acceptors (Lipinski definition) is 7. The molecule has 9 heteroatoms. The molecule has 2 aliphatic rings. The van der Waals surface area contributed by atoms with Crippen LogP contribution in [0.15, 0.2) is 23.1 Å². The molecule has 0 amide bonds. The van der Waals surface area contributed by atoms with E-state index in [0.717, 1.165) is 29.0 Å². The van der Waals surface area contributed by atoms with Gasteiger partial charge in [0, 0.05) is 31.8 Å². The van der Waals surface area contributed by atoms with Crippen LogP contribution in [0.4, 0.5) is 11.6 Å². The number of hydrogen-bond donors (Lipinski definition) is 2. The molecule has 2 aliphatic heterocycles. The van der Waals surface area contributed by atoms with E-state index in [4.69, 9.17) is 14.5 Å². The maximum atomic E-state index is 13.0. The van der Waals surface area contributed by atoms with Crippen LogP contribution >= 0.6 is 0 Å². The number of fused-ring (bicyclic) bond motifs is 2. The fourth-order valence-corrected chi connectivity index (χ4v) is 4.33. The first-order chi connectivity index (χ1) is 14.5. The van der Waals surface area contributed by atoms with Crippen LogP contribution in [0.3, 0.4) is 0 Å². The lowest BCUT2D eigenvalue weighted by Crippen LogP contribution is -2.35. The quantitative estimate of drug-likeness (QED) is 0.675. The number of aliphatic hydroxyl groups excluding tert-OH is 1. The zero-order valence-electron chi connectivity index (χ0n) is 17.1. The van der Waals surface area contributed by atoms with Gasteiger partial charge in [-0.05, 0) is 43.0 Å². The van der Waals surface area contributed by atoms with Crippen LogP contribution in [0.25, 0.3) is 11.2 Å². The van der Waals surface area contributed by atoms with Crippen molar-refractivity contribution in [2.75, 3.05) is 25.1 Å². The number of anilines is 2. The molecule has 158 valence electrons. The van der Waals surface area contributed by atoms with Crippen LogP contribution in [-0.2, 0) is 18.2 Å². The highest BCUT2D eigenvalue weighted by atomic mass is 16.5. The van der Waals surface area contributed by atoms with Gasteiger partial charge in [0.2, 0.25) is 5.95 Å². The molecule has 9 nitrogen and oxygen atoms in total. The summed E-state index contributed by atoms with van der Waals surface area (Å²) >= 11 is 0. The second kappa shape index (κ2) is 7.41. The summed E-state index contributed by atoms with van der Waals surface area (Å²) in [4.78, 5) is 22.1. The first kappa shape index (κ1) is 19.1. The molecule has 3 aromatic rings. The molecule has 0 spiro atoms. The molecule has 1 saturated heterocycles. The van der Waals surface area contributed by atoms with E-state index in [9.17, 15) is 9.90 Å². The van der Waals surface area contributed by atoms with Crippen LogP contribution in [0.1, 0.15) is 30.0 Å². The van der Waals surface area contributed by atoms with Crippen molar-refractivity contribution >= 4 is 22.8 Å². The van der Waals surface area contributed by atoms with Crippen molar-refractivity contribution < 1.29 is 14.6 Å². The molecule has 4 heterocycles. The normalized spacial score (nSPS) is 20.9. The smallest absolute Gasteiger partial charge is 0.330 e. The Morgan fingerprint density at radius 1 is 1.33 bits per heavy atom. The second-order valence-corrected chi connectivity index (χ2v) is 7.97. The summed E-state index contributed by atoms with van der Waals surface area (Å²) in [5.74, 6) is 1.37. The Bertz CT molecular complexity index is 1170. The molecule has 0 radical (unpaired) electrons. The molecule has 1 aromatic carbocycles. The van der Waals surface area contributed by atoms with Gasteiger partial charge in [-0.15, -0.1) is 0 Å². The van der Waals surface area contributed by atoms with Gasteiger partial charge < -0.3 is 19.9 Å². The SMILES string of the molecule is Cc1cc2c(cc1Nc1ncc3c(n1)n(C1CCOC(CO)C1)c(=O)n3C)CCO2. The van der Waals surface area contributed by atoms with Crippen LogP contribution in [0.2, 0.25) is 0 Å². The Balaban J connectivity index is 1.53. The van der Waals surface area contributed by atoms with Crippen molar-refractivity contribution in [2.45, 2.75) is 38.3 Å². The van der Waals surface area contributed by atoms with Gasteiger partial charge in [0.05, 0.1) is 25.5 Å². The minimum Gasteiger partial charge on any atom is -0.493 e. The van der Waals surface area contributed by atoms with Crippen molar-refractivity contribution in [3.63, 3.8) is 0 Å². The third kappa shape index (κ3) is 3.14. The van der Waals surface area contributed by atoms with E-state index in [1.807, 2.05) is 13.0 Å². The highest BCUT2D eigenvalue weighted by molar-refractivity contribution is 5.73. The number of imidazole rings is 1. The van der Waals surface area contributed by atoms with Gasteiger partial charge >= 0.3 is 5.69 Å². The van der Waals surface area contributed by atoms with E-state index in [0.29, 0.717) is 43.2 Å². The van der Waals surface area contributed by atoms with Gasteiger partial charge in [-0.2, -0.15) is 4.98 Å². The number of aliphatic hydroxyl groups is 1. The van der Waals surface area contributed by atoms with Crippen molar-refractivity contribution in [1.82, 2.24) is 19.1 Å². The maximum Gasteiger partial charge on any atom is 0.330 e. The minimum atomic E-state index is -0.262. The highest BCUT2D eigenvalue weighted by Gasteiger charge is 2.28. The van der Waals surface area contributed by atoms with Gasteiger partial charge in [0.15, 0.2) is 5.65 Å². The number of rotatable bonds is 4. The summed E-state index contributed by atoms with van der Waals surface area (Å²) in [5, 5.41) is 12.8. The van der Waals surface area contributed by atoms with Crippen molar-refractivity contribution in [1.29, 1.82) is 0 Å². The predicted octanol–water partition coefficient (Wildman–Crippen LogP) is 1.83. The Labute approximate surface area is 173 Å².